The molecule has 1 heterocycles. The van der Waals surface area contributed by atoms with Crippen LogP contribution >= 0.6 is 0 Å². The molecule has 3 heteroatoms. The number of benzene rings is 1. The molecule has 0 N–H and O–H groups in total. The molecule has 1 aromatic heterocycles. The van der Waals surface area contributed by atoms with Crippen molar-refractivity contribution in [1.29, 1.82) is 0 Å². The van der Waals surface area contributed by atoms with E-state index in [1.807, 2.05) is 29.8 Å². The molecule has 2 nitrogen and oxygen atoms in total. The van der Waals surface area contributed by atoms with Crippen LogP contribution in [0.15, 0.2) is 36.4 Å². The Bertz CT molecular complexity index is 406. The van der Waals surface area contributed by atoms with E-state index in [1.165, 1.54) is 4.48 Å². The Kier molecular flexibility index (Phi) is 2.24. The van der Waals surface area contributed by atoms with Gasteiger partial charge in [-0.25, -0.2) is 0 Å². The maximum absolute atomic E-state index is 4.41. The number of hydrogen-bond donors (Lipinski definition) is 0. The molecule has 1 unspecified atom stereocenters. The van der Waals surface area contributed by atoms with Crippen molar-refractivity contribution in [2.24, 2.45) is 0 Å². The fourth-order valence-electron chi connectivity index (χ4n) is 1.30. The number of aryl methyl sites for hydroxylation is 1. The summed E-state index contributed by atoms with van der Waals surface area (Å²) in [6.45, 7) is 2.02. The number of nitrogens with zero attached hydrogens (tertiary/aromatic N) is 2. The molecule has 1 atom stereocenters. The molecule has 0 radical (unpaired) electrons. The van der Waals surface area contributed by atoms with Gasteiger partial charge in [0.25, 0.3) is 0 Å². The van der Waals surface area contributed by atoms with Gasteiger partial charge in [-0.05, 0) is 0 Å². The Morgan fingerprint density at radius 3 is 2.46 bits per heavy atom. The zero-order valence-corrected chi connectivity index (χ0v) is 9.86. The summed E-state index contributed by atoms with van der Waals surface area (Å²) in [7, 11) is 0. The third-order valence-corrected chi connectivity index (χ3v) is 2.72. The average molecular weight is 234 g/mol. The molecule has 2 rings (SSSR count). The van der Waals surface area contributed by atoms with Crippen LogP contribution in [0.25, 0.3) is 5.69 Å². The molecule has 0 amide bonds. The Morgan fingerprint density at radius 1 is 1.23 bits per heavy atom. The molecular formula is C10H11AsN2. The monoisotopic (exact) mass is 234 g/mol. The van der Waals surface area contributed by atoms with E-state index >= 15 is 0 Å². The summed E-state index contributed by atoms with van der Waals surface area (Å²) in [6.07, 6.45) is 0. The molecule has 66 valence electrons. The zero-order chi connectivity index (χ0) is 9.26. The Hall–Kier alpha value is -1.01. The van der Waals surface area contributed by atoms with E-state index in [9.17, 15) is 0 Å². The van der Waals surface area contributed by atoms with Crippen molar-refractivity contribution < 1.29 is 0 Å². The first-order valence-corrected chi connectivity index (χ1v) is 5.36. The van der Waals surface area contributed by atoms with Crippen LogP contribution in [0.5, 0.6) is 0 Å². The average Bonchev–Trinajstić information content (AvgIpc) is 2.47. The molecule has 2 aromatic rings. The van der Waals surface area contributed by atoms with Crippen LogP contribution in [0, 0.1) is 6.92 Å². The maximum atomic E-state index is 4.41. The third kappa shape index (κ3) is 1.68. The SMILES string of the molecule is Cc1cc([AsH2])n(-c2ccccc2)n1. The van der Waals surface area contributed by atoms with E-state index in [2.05, 4.69) is 23.3 Å². The quantitative estimate of drug-likeness (QED) is 0.655. The summed E-state index contributed by atoms with van der Waals surface area (Å²) in [4.78, 5) is 0. The second-order valence-electron chi connectivity index (χ2n) is 2.96. The van der Waals surface area contributed by atoms with E-state index in [0.717, 1.165) is 11.4 Å². The van der Waals surface area contributed by atoms with E-state index in [0.29, 0.717) is 0 Å². The topological polar surface area (TPSA) is 17.8 Å². The second-order valence-corrected chi connectivity index (χ2v) is 4.20. The van der Waals surface area contributed by atoms with E-state index in [-0.39, 0.29) is 0 Å². The van der Waals surface area contributed by atoms with Crippen LogP contribution in [0.3, 0.4) is 0 Å². The van der Waals surface area contributed by atoms with Gasteiger partial charge in [-0.15, -0.1) is 0 Å². The minimum atomic E-state index is 1.07. The van der Waals surface area contributed by atoms with Gasteiger partial charge in [0.15, 0.2) is 0 Å². The fourth-order valence-corrected chi connectivity index (χ4v) is 2.24. The Morgan fingerprint density at radius 2 is 1.92 bits per heavy atom. The molecule has 0 fully saturated rings. The minimum absolute atomic E-state index is 1.07. The summed E-state index contributed by atoms with van der Waals surface area (Å²) in [5, 5.41) is 4.41. The molecule has 13 heavy (non-hydrogen) atoms. The van der Waals surface area contributed by atoms with Crippen molar-refractivity contribution in [3.05, 3.63) is 42.1 Å². The number of hydrogen-bond acceptors (Lipinski definition) is 1. The second kappa shape index (κ2) is 3.39. The van der Waals surface area contributed by atoms with Crippen LogP contribution in [-0.4, -0.2) is 26.6 Å². The molecule has 0 aliphatic heterocycles. The molecule has 0 aliphatic carbocycles. The van der Waals surface area contributed by atoms with Crippen LogP contribution in [0.1, 0.15) is 5.69 Å². The van der Waals surface area contributed by atoms with Crippen LogP contribution in [0.2, 0.25) is 0 Å². The predicted octanol–water partition coefficient (Wildman–Crippen LogP) is 0.439. The first kappa shape index (κ1) is 8.58. The first-order chi connectivity index (χ1) is 6.27. The molecule has 0 bridgehead atoms. The number of aromatic nitrogens is 2. The Balaban J connectivity index is 2.53. The van der Waals surface area contributed by atoms with Crippen molar-refractivity contribution in [1.82, 2.24) is 9.78 Å². The van der Waals surface area contributed by atoms with Crippen molar-refractivity contribution in [3.63, 3.8) is 0 Å². The number of para-hydroxylation sites is 1. The van der Waals surface area contributed by atoms with E-state index < -0.39 is 0 Å². The van der Waals surface area contributed by atoms with Gasteiger partial charge in [0.2, 0.25) is 0 Å². The normalized spacial score (nSPS) is 10.3. The van der Waals surface area contributed by atoms with Gasteiger partial charge >= 0.3 is 85.8 Å². The van der Waals surface area contributed by atoms with Crippen molar-refractivity contribution >= 4 is 21.3 Å². The first-order valence-electron chi connectivity index (χ1n) is 4.15. The van der Waals surface area contributed by atoms with Crippen molar-refractivity contribution in [2.45, 2.75) is 6.92 Å². The molecule has 0 saturated carbocycles. The van der Waals surface area contributed by atoms with Gasteiger partial charge < -0.3 is 0 Å². The van der Waals surface area contributed by atoms with Crippen LogP contribution < -0.4 is 4.48 Å². The summed E-state index contributed by atoms with van der Waals surface area (Å²) >= 11 is 1.60. The Labute approximate surface area is 86.1 Å². The summed E-state index contributed by atoms with van der Waals surface area (Å²) < 4.78 is 3.21. The number of rotatable bonds is 1. The van der Waals surface area contributed by atoms with Gasteiger partial charge in [-0.2, -0.15) is 0 Å². The van der Waals surface area contributed by atoms with Crippen LogP contribution in [0.4, 0.5) is 0 Å². The third-order valence-electron chi connectivity index (χ3n) is 1.86. The van der Waals surface area contributed by atoms with Gasteiger partial charge in [0.05, 0.1) is 0 Å². The van der Waals surface area contributed by atoms with Crippen LogP contribution in [-0.2, 0) is 0 Å². The summed E-state index contributed by atoms with van der Waals surface area (Å²) in [5.74, 6) is 0. The summed E-state index contributed by atoms with van der Waals surface area (Å²) in [6, 6.07) is 12.3. The van der Waals surface area contributed by atoms with E-state index in [4.69, 9.17) is 0 Å². The van der Waals surface area contributed by atoms with Gasteiger partial charge in [0, 0.05) is 0 Å². The standard InChI is InChI=1S/C10H11AsN2/c1-8-7-10(11)13(12-8)9-5-3-2-4-6-9/h2-7H,11H2,1H3. The van der Waals surface area contributed by atoms with Crippen molar-refractivity contribution in [2.75, 3.05) is 0 Å². The summed E-state index contributed by atoms with van der Waals surface area (Å²) in [5.41, 5.74) is 2.21. The molecule has 0 aliphatic rings. The molecular weight excluding hydrogens is 223 g/mol. The molecule has 0 spiro atoms. The van der Waals surface area contributed by atoms with Gasteiger partial charge in [0.1, 0.15) is 0 Å². The predicted molar refractivity (Wildman–Crippen MR) is 56.5 cm³/mol. The van der Waals surface area contributed by atoms with Gasteiger partial charge in [-0.1, -0.05) is 0 Å². The van der Waals surface area contributed by atoms with Gasteiger partial charge in [-0.3, -0.25) is 0 Å². The molecule has 0 saturated heterocycles. The van der Waals surface area contributed by atoms with E-state index in [1.54, 1.807) is 16.9 Å². The zero-order valence-electron chi connectivity index (χ0n) is 7.44. The van der Waals surface area contributed by atoms with Crippen molar-refractivity contribution in [3.8, 4) is 5.69 Å². The fraction of sp³-hybridized carbons (Fsp3) is 0.100. The molecule has 1 aromatic carbocycles.